The van der Waals surface area contributed by atoms with Gasteiger partial charge in [0.15, 0.2) is 0 Å². The maximum absolute atomic E-state index is 11.8. The summed E-state index contributed by atoms with van der Waals surface area (Å²) in [5.41, 5.74) is 3.07. The van der Waals surface area contributed by atoms with E-state index >= 15 is 0 Å². The second-order valence-electron chi connectivity index (χ2n) is 5.06. The zero-order valence-electron chi connectivity index (χ0n) is 13.1. The van der Waals surface area contributed by atoms with Crippen molar-refractivity contribution >= 4 is 11.7 Å². The first kappa shape index (κ1) is 15.9. The Morgan fingerprint density at radius 3 is 2.73 bits per heavy atom. The Bertz CT molecular complexity index is 626. The summed E-state index contributed by atoms with van der Waals surface area (Å²) < 4.78 is 5.71. The lowest BCUT2D eigenvalue weighted by atomic mass is 10.1. The smallest absolute Gasteiger partial charge is 0.319 e. The molecule has 4 nitrogen and oxygen atoms in total. The van der Waals surface area contributed by atoms with E-state index in [1.807, 2.05) is 55.5 Å². The van der Waals surface area contributed by atoms with Gasteiger partial charge in [-0.1, -0.05) is 37.3 Å². The number of nitrogens with one attached hydrogen (secondary N) is 2. The number of anilines is 1. The van der Waals surface area contributed by atoms with Crippen molar-refractivity contribution in [2.45, 2.75) is 20.3 Å². The molecule has 0 atom stereocenters. The van der Waals surface area contributed by atoms with Gasteiger partial charge in [0.25, 0.3) is 0 Å². The van der Waals surface area contributed by atoms with E-state index in [-0.39, 0.29) is 6.03 Å². The molecule has 2 N–H and O–H groups in total. The van der Waals surface area contributed by atoms with Crippen LogP contribution in [0, 0.1) is 6.92 Å². The fourth-order valence-electron chi connectivity index (χ4n) is 2.16. The van der Waals surface area contributed by atoms with Gasteiger partial charge in [0.2, 0.25) is 0 Å². The van der Waals surface area contributed by atoms with Gasteiger partial charge in [-0.05, 0) is 42.7 Å². The fourth-order valence-corrected chi connectivity index (χ4v) is 2.16. The number of para-hydroxylation sites is 1. The van der Waals surface area contributed by atoms with E-state index in [0.717, 1.165) is 23.4 Å². The highest BCUT2D eigenvalue weighted by atomic mass is 16.5. The van der Waals surface area contributed by atoms with Crippen molar-refractivity contribution in [3.63, 3.8) is 0 Å². The number of ether oxygens (including phenoxy) is 1. The number of rotatable bonds is 6. The Balaban J connectivity index is 1.73. The highest BCUT2D eigenvalue weighted by Crippen LogP contribution is 2.17. The molecule has 0 aliphatic carbocycles. The largest absolute Gasteiger partial charge is 0.491 e. The molecule has 0 spiro atoms. The minimum atomic E-state index is -0.224. The van der Waals surface area contributed by atoms with Crippen molar-refractivity contribution in [1.29, 1.82) is 0 Å². The molecule has 0 saturated carbocycles. The van der Waals surface area contributed by atoms with Gasteiger partial charge in [-0.3, -0.25) is 0 Å². The predicted octanol–water partition coefficient (Wildman–Crippen LogP) is 3.76. The minimum absolute atomic E-state index is 0.224. The van der Waals surface area contributed by atoms with E-state index in [1.54, 1.807) is 0 Å². The second-order valence-corrected chi connectivity index (χ2v) is 5.06. The highest BCUT2D eigenvalue weighted by Gasteiger charge is 2.03. The van der Waals surface area contributed by atoms with Gasteiger partial charge in [-0.25, -0.2) is 4.79 Å². The molecule has 2 rings (SSSR count). The molecule has 0 aliphatic rings. The van der Waals surface area contributed by atoms with E-state index in [0.29, 0.717) is 13.2 Å². The average Bonchev–Trinajstić information content (AvgIpc) is 2.52. The molecule has 116 valence electrons. The first-order chi connectivity index (χ1) is 10.7. The SMILES string of the molecule is CCc1ccccc1OCCNC(=O)Nc1cccc(C)c1. The molecule has 0 aliphatic heterocycles. The molecule has 0 bridgehead atoms. The van der Waals surface area contributed by atoms with E-state index in [2.05, 4.69) is 17.6 Å². The van der Waals surface area contributed by atoms with Gasteiger partial charge in [0.1, 0.15) is 12.4 Å². The molecule has 22 heavy (non-hydrogen) atoms. The van der Waals surface area contributed by atoms with Crippen LogP contribution in [0.25, 0.3) is 0 Å². The van der Waals surface area contributed by atoms with Crippen LogP contribution in [0.15, 0.2) is 48.5 Å². The van der Waals surface area contributed by atoms with Crippen LogP contribution >= 0.6 is 0 Å². The van der Waals surface area contributed by atoms with Crippen LogP contribution in [0.2, 0.25) is 0 Å². The Kier molecular flexibility index (Phi) is 5.83. The third-order valence-electron chi connectivity index (χ3n) is 3.27. The van der Waals surface area contributed by atoms with Crippen LogP contribution in [0.3, 0.4) is 0 Å². The zero-order valence-corrected chi connectivity index (χ0v) is 13.1. The second kappa shape index (κ2) is 8.08. The van der Waals surface area contributed by atoms with Gasteiger partial charge in [-0.15, -0.1) is 0 Å². The monoisotopic (exact) mass is 298 g/mol. The lowest BCUT2D eigenvalue weighted by molar-refractivity contribution is 0.247. The highest BCUT2D eigenvalue weighted by molar-refractivity contribution is 5.89. The predicted molar refractivity (Wildman–Crippen MR) is 89.5 cm³/mol. The molecule has 0 radical (unpaired) electrons. The molecular weight excluding hydrogens is 276 g/mol. The van der Waals surface area contributed by atoms with Crippen molar-refractivity contribution in [3.05, 3.63) is 59.7 Å². The first-order valence-corrected chi connectivity index (χ1v) is 7.51. The third-order valence-corrected chi connectivity index (χ3v) is 3.27. The Labute approximate surface area is 131 Å². The number of hydrogen-bond acceptors (Lipinski definition) is 2. The molecule has 2 amide bonds. The van der Waals surface area contributed by atoms with Crippen molar-refractivity contribution < 1.29 is 9.53 Å². The average molecular weight is 298 g/mol. The zero-order chi connectivity index (χ0) is 15.8. The van der Waals surface area contributed by atoms with Crippen LogP contribution in [0.5, 0.6) is 5.75 Å². The number of hydrogen-bond donors (Lipinski definition) is 2. The minimum Gasteiger partial charge on any atom is -0.491 e. The lowest BCUT2D eigenvalue weighted by Crippen LogP contribution is -2.32. The number of urea groups is 1. The first-order valence-electron chi connectivity index (χ1n) is 7.51. The third kappa shape index (κ3) is 4.81. The summed E-state index contributed by atoms with van der Waals surface area (Å²) >= 11 is 0. The van der Waals surface area contributed by atoms with Crippen molar-refractivity contribution in [3.8, 4) is 5.75 Å². The molecule has 4 heteroatoms. The molecule has 0 heterocycles. The molecule has 0 fully saturated rings. The summed E-state index contributed by atoms with van der Waals surface area (Å²) in [5, 5.41) is 5.58. The summed E-state index contributed by atoms with van der Waals surface area (Å²) in [4.78, 5) is 11.8. The van der Waals surface area contributed by atoms with Crippen LogP contribution in [-0.4, -0.2) is 19.2 Å². The molecule has 0 aromatic heterocycles. The Morgan fingerprint density at radius 2 is 1.95 bits per heavy atom. The van der Waals surface area contributed by atoms with Gasteiger partial charge in [0.05, 0.1) is 6.54 Å². The summed E-state index contributed by atoms with van der Waals surface area (Å²) in [6.45, 7) is 4.98. The van der Waals surface area contributed by atoms with Crippen LogP contribution in [0.4, 0.5) is 10.5 Å². The maximum atomic E-state index is 11.8. The quantitative estimate of drug-likeness (QED) is 0.798. The standard InChI is InChI=1S/C18H22N2O2/c1-3-15-8-4-5-10-17(15)22-12-11-19-18(21)20-16-9-6-7-14(2)13-16/h4-10,13H,3,11-12H2,1-2H3,(H2,19,20,21). The summed E-state index contributed by atoms with van der Waals surface area (Å²) in [6, 6.07) is 15.4. The number of benzene rings is 2. The topological polar surface area (TPSA) is 50.4 Å². The number of amides is 2. The van der Waals surface area contributed by atoms with Crippen LogP contribution in [0.1, 0.15) is 18.1 Å². The molecule has 0 unspecified atom stereocenters. The number of carbonyl (C=O) groups excluding carboxylic acids is 1. The van der Waals surface area contributed by atoms with Crippen LogP contribution in [-0.2, 0) is 6.42 Å². The van der Waals surface area contributed by atoms with Crippen molar-refractivity contribution in [1.82, 2.24) is 5.32 Å². The van der Waals surface area contributed by atoms with Gasteiger partial charge in [0, 0.05) is 5.69 Å². The van der Waals surface area contributed by atoms with Gasteiger partial charge in [-0.2, -0.15) is 0 Å². The molecular formula is C18H22N2O2. The number of carbonyl (C=O) groups is 1. The molecule has 2 aromatic rings. The molecule has 2 aromatic carbocycles. The maximum Gasteiger partial charge on any atom is 0.319 e. The summed E-state index contributed by atoms with van der Waals surface area (Å²) in [5.74, 6) is 0.880. The van der Waals surface area contributed by atoms with Gasteiger partial charge < -0.3 is 15.4 Å². The molecule has 0 saturated heterocycles. The van der Waals surface area contributed by atoms with Gasteiger partial charge >= 0.3 is 6.03 Å². The van der Waals surface area contributed by atoms with E-state index < -0.39 is 0 Å². The van der Waals surface area contributed by atoms with Crippen molar-refractivity contribution in [2.24, 2.45) is 0 Å². The van der Waals surface area contributed by atoms with E-state index in [4.69, 9.17) is 4.74 Å². The Hall–Kier alpha value is -2.49. The Morgan fingerprint density at radius 1 is 1.14 bits per heavy atom. The fraction of sp³-hybridized carbons (Fsp3) is 0.278. The van der Waals surface area contributed by atoms with E-state index in [1.165, 1.54) is 5.56 Å². The lowest BCUT2D eigenvalue weighted by Gasteiger charge is -2.11. The van der Waals surface area contributed by atoms with Crippen molar-refractivity contribution in [2.75, 3.05) is 18.5 Å². The normalized spacial score (nSPS) is 10.1. The summed E-state index contributed by atoms with van der Waals surface area (Å²) in [6.07, 6.45) is 0.928. The van der Waals surface area contributed by atoms with E-state index in [9.17, 15) is 4.79 Å². The van der Waals surface area contributed by atoms with Crippen LogP contribution < -0.4 is 15.4 Å². The summed E-state index contributed by atoms with van der Waals surface area (Å²) in [7, 11) is 0. The number of aryl methyl sites for hydroxylation is 2.